The van der Waals surface area contributed by atoms with E-state index in [1.54, 1.807) is 0 Å². The van der Waals surface area contributed by atoms with Crippen molar-refractivity contribution in [3.8, 4) is 0 Å². The summed E-state index contributed by atoms with van der Waals surface area (Å²) in [5.74, 6) is 1.71. The van der Waals surface area contributed by atoms with E-state index in [0.717, 1.165) is 18.4 Å². The minimum atomic E-state index is 0.686. The fourth-order valence-corrected chi connectivity index (χ4v) is 2.93. The number of hydrogen-bond acceptors (Lipinski definition) is 2. The average Bonchev–Trinajstić information content (AvgIpc) is 2.59. The average molecular weight is 235 g/mol. The van der Waals surface area contributed by atoms with Crippen LogP contribution in [0, 0.1) is 18.8 Å². The second-order valence-corrected chi connectivity index (χ2v) is 5.76. The number of nitrogens with one attached hydrogen (secondary N) is 1. The van der Waals surface area contributed by atoms with Crippen molar-refractivity contribution < 1.29 is 0 Å². The lowest BCUT2D eigenvalue weighted by atomic mass is 9.80. The highest BCUT2D eigenvalue weighted by Gasteiger charge is 2.24. The maximum Gasteiger partial charge on any atom is 0.0537 e. The molecular weight excluding hydrogens is 210 g/mol. The lowest BCUT2D eigenvalue weighted by Crippen LogP contribution is -2.38. The van der Waals surface area contributed by atoms with E-state index in [2.05, 4.69) is 31.2 Å². The van der Waals surface area contributed by atoms with E-state index in [4.69, 9.17) is 0 Å². The number of aromatic nitrogens is 2. The van der Waals surface area contributed by atoms with E-state index in [9.17, 15) is 0 Å². The summed E-state index contributed by atoms with van der Waals surface area (Å²) in [5.41, 5.74) is 2.60. The number of rotatable bonds is 3. The van der Waals surface area contributed by atoms with E-state index < -0.39 is 0 Å². The molecule has 1 aliphatic carbocycles. The molecule has 2 rings (SSSR count). The molecule has 1 aromatic rings. The molecule has 1 fully saturated rings. The van der Waals surface area contributed by atoms with Crippen LogP contribution in [0.3, 0.4) is 0 Å². The zero-order valence-corrected chi connectivity index (χ0v) is 11.5. The second kappa shape index (κ2) is 5.21. The Morgan fingerprint density at radius 3 is 2.76 bits per heavy atom. The molecule has 1 saturated carbocycles. The summed E-state index contributed by atoms with van der Waals surface area (Å²) >= 11 is 0. The van der Waals surface area contributed by atoms with Crippen LogP contribution in [0.4, 0.5) is 0 Å². The van der Waals surface area contributed by atoms with Crippen LogP contribution in [0.25, 0.3) is 0 Å². The first-order valence-electron chi connectivity index (χ1n) is 6.78. The van der Waals surface area contributed by atoms with Crippen molar-refractivity contribution in [3.05, 3.63) is 17.5 Å². The van der Waals surface area contributed by atoms with E-state index in [1.165, 1.54) is 30.5 Å². The lowest BCUT2D eigenvalue weighted by molar-refractivity contribution is 0.227. The van der Waals surface area contributed by atoms with Crippen molar-refractivity contribution in [2.45, 2.75) is 52.6 Å². The molecule has 1 aromatic heterocycles. The molecule has 0 amide bonds. The van der Waals surface area contributed by atoms with Gasteiger partial charge in [-0.05, 0) is 38.0 Å². The molecule has 3 nitrogen and oxygen atoms in total. The van der Waals surface area contributed by atoms with E-state index in [1.807, 2.05) is 17.9 Å². The topological polar surface area (TPSA) is 29.9 Å². The molecule has 17 heavy (non-hydrogen) atoms. The van der Waals surface area contributed by atoms with Gasteiger partial charge < -0.3 is 5.32 Å². The zero-order chi connectivity index (χ0) is 12.4. The Bertz CT molecular complexity index is 370. The van der Waals surface area contributed by atoms with Gasteiger partial charge >= 0.3 is 0 Å². The van der Waals surface area contributed by atoms with Gasteiger partial charge in [-0.2, -0.15) is 5.10 Å². The van der Waals surface area contributed by atoms with Crippen molar-refractivity contribution in [3.63, 3.8) is 0 Å². The van der Waals surface area contributed by atoms with Gasteiger partial charge in [0.2, 0.25) is 0 Å². The molecule has 0 bridgehead atoms. The van der Waals surface area contributed by atoms with E-state index in [-0.39, 0.29) is 0 Å². The van der Waals surface area contributed by atoms with Gasteiger partial charge in [-0.15, -0.1) is 0 Å². The van der Waals surface area contributed by atoms with Crippen LogP contribution in [-0.2, 0) is 13.6 Å². The summed E-state index contributed by atoms with van der Waals surface area (Å²) in [6.45, 7) is 7.85. The van der Waals surface area contributed by atoms with Gasteiger partial charge in [-0.25, -0.2) is 0 Å². The zero-order valence-electron chi connectivity index (χ0n) is 11.5. The second-order valence-electron chi connectivity index (χ2n) is 5.76. The lowest BCUT2D eigenvalue weighted by Gasteiger charge is -2.33. The molecule has 1 N–H and O–H groups in total. The number of aryl methyl sites for hydroxylation is 1. The SMILES string of the molecule is Cc1c(CNC2CCC(C)CC2C)cnn1C. The Kier molecular flexibility index (Phi) is 3.87. The molecular formula is C14H25N3. The van der Waals surface area contributed by atoms with Gasteiger partial charge in [0.25, 0.3) is 0 Å². The van der Waals surface area contributed by atoms with Gasteiger partial charge in [-0.3, -0.25) is 4.68 Å². The molecule has 0 aliphatic heterocycles. The standard InChI is InChI=1S/C14H25N3/c1-10-5-6-14(11(2)7-10)15-8-13-9-16-17(4)12(13)3/h9-11,14-15H,5-8H2,1-4H3. The summed E-state index contributed by atoms with van der Waals surface area (Å²) in [4.78, 5) is 0. The molecule has 1 aliphatic rings. The predicted molar refractivity (Wildman–Crippen MR) is 70.8 cm³/mol. The molecule has 1 heterocycles. The van der Waals surface area contributed by atoms with Gasteiger partial charge in [0, 0.05) is 30.9 Å². The monoisotopic (exact) mass is 235 g/mol. The molecule has 0 saturated heterocycles. The maximum atomic E-state index is 4.29. The van der Waals surface area contributed by atoms with Crippen LogP contribution in [0.2, 0.25) is 0 Å². The fraction of sp³-hybridized carbons (Fsp3) is 0.786. The predicted octanol–water partition coefficient (Wildman–Crippen LogP) is 2.64. The Morgan fingerprint density at radius 1 is 1.41 bits per heavy atom. The summed E-state index contributed by atoms with van der Waals surface area (Å²) in [5, 5.41) is 8.00. The van der Waals surface area contributed by atoms with Crippen LogP contribution in [-0.4, -0.2) is 15.8 Å². The Morgan fingerprint density at radius 2 is 2.18 bits per heavy atom. The minimum Gasteiger partial charge on any atom is -0.310 e. The van der Waals surface area contributed by atoms with Gasteiger partial charge in [0.15, 0.2) is 0 Å². The first-order chi connectivity index (χ1) is 8.08. The van der Waals surface area contributed by atoms with Crippen molar-refractivity contribution in [1.82, 2.24) is 15.1 Å². The fourth-order valence-electron chi connectivity index (χ4n) is 2.93. The first-order valence-corrected chi connectivity index (χ1v) is 6.78. The molecule has 0 aromatic carbocycles. The van der Waals surface area contributed by atoms with Crippen molar-refractivity contribution in [1.29, 1.82) is 0 Å². The smallest absolute Gasteiger partial charge is 0.0537 e. The summed E-state index contributed by atoms with van der Waals surface area (Å²) in [6.07, 6.45) is 6.04. The van der Waals surface area contributed by atoms with Crippen LogP contribution in [0.1, 0.15) is 44.4 Å². The summed E-state index contributed by atoms with van der Waals surface area (Å²) in [7, 11) is 2.00. The number of nitrogens with zero attached hydrogens (tertiary/aromatic N) is 2. The highest BCUT2D eigenvalue weighted by atomic mass is 15.3. The van der Waals surface area contributed by atoms with Crippen LogP contribution in [0.5, 0.6) is 0 Å². The molecule has 3 unspecified atom stereocenters. The maximum absolute atomic E-state index is 4.29. The highest BCUT2D eigenvalue weighted by Crippen LogP contribution is 2.28. The Balaban J connectivity index is 1.88. The molecule has 96 valence electrons. The van der Waals surface area contributed by atoms with Gasteiger partial charge in [0.05, 0.1) is 6.20 Å². The van der Waals surface area contributed by atoms with Crippen LogP contribution >= 0.6 is 0 Å². The highest BCUT2D eigenvalue weighted by molar-refractivity contribution is 5.15. The normalized spacial score (nSPS) is 29.5. The van der Waals surface area contributed by atoms with Crippen LogP contribution in [0.15, 0.2) is 6.20 Å². The Hall–Kier alpha value is -0.830. The summed E-state index contributed by atoms with van der Waals surface area (Å²) < 4.78 is 1.95. The third kappa shape index (κ3) is 2.89. The molecule has 3 heteroatoms. The third-order valence-electron chi connectivity index (χ3n) is 4.32. The molecule has 0 radical (unpaired) electrons. The Labute approximate surface area is 105 Å². The minimum absolute atomic E-state index is 0.686. The van der Waals surface area contributed by atoms with Crippen LogP contribution < -0.4 is 5.32 Å². The number of hydrogen-bond donors (Lipinski definition) is 1. The first kappa shape index (κ1) is 12.6. The third-order valence-corrected chi connectivity index (χ3v) is 4.32. The van der Waals surface area contributed by atoms with Gasteiger partial charge in [-0.1, -0.05) is 13.8 Å². The molecule has 3 atom stereocenters. The largest absolute Gasteiger partial charge is 0.310 e. The van der Waals surface area contributed by atoms with Crippen molar-refractivity contribution in [2.75, 3.05) is 0 Å². The van der Waals surface area contributed by atoms with Crippen molar-refractivity contribution >= 4 is 0 Å². The van der Waals surface area contributed by atoms with E-state index >= 15 is 0 Å². The molecule has 0 spiro atoms. The van der Waals surface area contributed by atoms with Gasteiger partial charge in [0.1, 0.15) is 0 Å². The quantitative estimate of drug-likeness (QED) is 0.873. The van der Waals surface area contributed by atoms with Crippen molar-refractivity contribution in [2.24, 2.45) is 18.9 Å². The summed E-state index contributed by atoms with van der Waals surface area (Å²) in [6, 6.07) is 0.686. The van der Waals surface area contributed by atoms with E-state index in [0.29, 0.717) is 6.04 Å².